The molecule has 0 saturated carbocycles. The number of amides is 2. The Balaban J connectivity index is 1.46. The molecule has 2 aromatic carbocycles. The van der Waals surface area contributed by atoms with E-state index in [1.807, 2.05) is 42.5 Å². The second-order valence-electron chi connectivity index (χ2n) is 8.32. The number of carbonyl (C=O) groups is 2. The van der Waals surface area contributed by atoms with E-state index in [1.165, 1.54) is 6.92 Å². The van der Waals surface area contributed by atoms with Crippen LogP contribution in [0.2, 0.25) is 0 Å². The minimum atomic E-state index is -0.421. The van der Waals surface area contributed by atoms with Crippen LogP contribution < -0.4 is 15.0 Å². The molecule has 1 aliphatic heterocycles. The van der Waals surface area contributed by atoms with E-state index >= 15 is 0 Å². The van der Waals surface area contributed by atoms with E-state index in [0.717, 1.165) is 64.4 Å². The number of methoxy groups -OCH3 is 1. The molecule has 0 spiro atoms. The lowest BCUT2D eigenvalue weighted by Gasteiger charge is -2.15. The fraction of sp³-hybridized carbons (Fsp3) is 0.320. The van der Waals surface area contributed by atoms with Gasteiger partial charge in [-0.3, -0.25) is 9.69 Å². The van der Waals surface area contributed by atoms with Crippen molar-refractivity contribution in [3.8, 4) is 28.3 Å². The number of hydrogen-bond acceptors (Lipinski definition) is 6. The van der Waals surface area contributed by atoms with E-state index in [-0.39, 0.29) is 12.0 Å². The summed E-state index contributed by atoms with van der Waals surface area (Å²) >= 11 is 0. The zero-order valence-electron chi connectivity index (χ0n) is 18.6. The first kappa shape index (κ1) is 21.1. The lowest BCUT2D eigenvalue weighted by Crippen LogP contribution is -2.33. The Labute approximate surface area is 191 Å². The fourth-order valence-corrected chi connectivity index (χ4v) is 4.44. The molecule has 1 aliphatic carbocycles. The Morgan fingerprint density at radius 3 is 2.79 bits per heavy atom. The number of anilines is 1. The average molecular weight is 447 g/mol. The van der Waals surface area contributed by atoms with Crippen LogP contribution in [0.15, 0.2) is 47.0 Å². The highest BCUT2D eigenvalue weighted by atomic mass is 16.6. The number of benzene rings is 2. The minimum Gasteiger partial charge on any atom is -0.497 e. The summed E-state index contributed by atoms with van der Waals surface area (Å²) in [5.41, 5.74) is 5.73. The van der Waals surface area contributed by atoms with Gasteiger partial charge in [-0.15, -0.1) is 0 Å². The molecule has 2 heterocycles. The molecule has 0 bridgehead atoms. The Morgan fingerprint density at radius 2 is 2.03 bits per heavy atom. The molecule has 8 heteroatoms. The van der Waals surface area contributed by atoms with Gasteiger partial charge in [-0.1, -0.05) is 11.2 Å². The molecule has 1 atom stereocenters. The van der Waals surface area contributed by atoms with Gasteiger partial charge in [0.05, 0.1) is 20.2 Å². The van der Waals surface area contributed by atoms with Crippen LogP contribution in [0, 0.1) is 0 Å². The van der Waals surface area contributed by atoms with Gasteiger partial charge < -0.3 is 19.3 Å². The highest BCUT2D eigenvalue weighted by Gasteiger charge is 2.33. The molecule has 1 saturated heterocycles. The Kier molecular flexibility index (Phi) is 5.50. The van der Waals surface area contributed by atoms with Crippen molar-refractivity contribution < 1.29 is 23.6 Å². The zero-order chi connectivity index (χ0) is 22.9. The highest BCUT2D eigenvalue weighted by Crippen LogP contribution is 2.40. The summed E-state index contributed by atoms with van der Waals surface area (Å²) < 4.78 is 16.6. The SMILES string of the molecule is COc1ccc(-c2noc3c2CCCc2ccc(N4C[C@H](CNC(C)=O)OC4=O)cc2-3)cc1. The molecule has 2 aliphatic rings. The molecule has 5 rings (SSSR count). The summed E-state index contributed by atoms with van der Waals surface area (Å²) in [4.78, 5) is 25.3. The summed E-state index contributed by atoms with van der Waals surface area (Å²) in [6, 6.07) is 13.7. The summed E-state index contributed by atoms with van der Waals surface area (Å²) in [5, 5.41) is 7.10. The Hall–Kier alpha value is -3.81. The van der Waals surface area contributed by atoms with Gasteiger partial charge in [-0.2, -0.15) is 0 Å². The van der Waals surface area contributed by atoms with Crippen molar-refractivity contribution in [3.05, 3.63) is 53.6 Å². The topological polar surface area (TPSA) is 93.9 Å². The smallest absolute Gasteiger partial charge is 0.414 e. The third-order valence-corrected chi connectivity index (χ3v) is 6.13. The lowest BCUT2D eigenvalue weighted by molar-refractivity contribution is -0.119. The van der Waals surface area contributed by atoms with Gasteiger partial charge in [-0.05, 0) is 61.2 Å². The van der Waals surface area contributed by atoms with Crippen molar-refractivity contribution >= 4 is 17.7 Å². The highest BCUT2D eigenvalue weighted by molar-refractivity contribution is 5.91. The van der Waals surface area contributed by atoms with E-state index in [2.05, 4.69) is 10.5 Å². The van der Waals surface area contributed by atoms with E-state index in [0.29, 0.717) is 13.1 Å². The largest absolute Gasteiger partial charge is 0.497 e. The normalized spacial score (nSPS) is 17.1. The van der Waals surface area contributed by atoms with Crippen molar-refractivity contribution in [1.29, 1.82) is 0 Å². The van der Waals surface area contributed by atoms with E-state index in [4.69, 9.17) is 14.0 Å². The molecule has 33 heavy (non-hydrogen) atoms. The number of nitrogens with one attached hydrogen (secondary N) is 1. The third kappa shape index (κ3) is 4.04. The maximum atomic E-state index is 12.5. The summed E-state index contributed by atoms with van der Waals surface area (Å²) in [6.07, 6.45) is 1.94. The molecule has 0 radical (unpaired) electrons. The molecule has 0 unspecified atom stereocenters. The number of carbonyl (C=O) groups excluding carboxylic acids is 2. The standard InChI is InChI=1S/C25H25N3O5/c1-15(29)26-13-20-14-28(25(30)32-20)18-9-6-16-4-3-5-21-23(27-33-24(21)22(16)12-18)17-7-10-19(31-2)11-8-17/h6-12,20H,3-5,13-14H2,1-2H3,(H,26,29)/t20-/m0/s1. The molecule has 3 aromatic rings. The first-order chi connectivity index (χ1) is 16.0. The maximum absolute atomic E-state index is 12.5. The Morgan fingerprint density at radius 1 is 1.21 bits per heavy atom. The molecule has 1 fully saturated rings. The van der Waals surface area contributed by atoms with Crippen LogP contribution >= 0.6 is 0 Å². The van der Waals surface area contributed by atoms with Crippen molar-refractivity contribution in [2.45, 2.75) is 32.3 Å². The van der Waals surface area contributed by atoms with Crippen LogP contribution in [-0.4, -0.2) is 43.5 Å². The first-order valence-electron chi connectivity index (χ1n) is 11.0. The lowest BCUT2D eigenvalue weighted by atomic mass is 9.99. The minimum absolute atomic E-state index is 0.153. The molecule has 8 nitrogen and oxygen atoms in total. The third-order valence-electron chi connectivity index (χ3n) is 6.13. The van der Waals surface area contributed by atoms with E-state index in [1.54, 1.807) is 12.0 Å². The van der Waals surface area contributed by atoms with Gasteiger partial charge >= 0.3 is 6.09 Å². The van der Waals surface area contributed by atoms with Crippen LogP contribution in [0.5, 0.6) is 5.75 Å². The summed E-state index contributed by atoms with van der Waals surface area (Å²) in [6.45, 7) is 2.11. The monoisotopic (exact) mass is 447 g/mol. The summed E-state index contributed by atoms with van der Waals surface area (Å²) in [7, 11) is 1.64. The van der Waals surface area contributed by atoms with Crippen LogP contribution in [0.3, 0.4) is 0 Å². The van der Waals surface area contributed by atoms with Crippen molar-refractivity contribution in [3.63, 3.8) is 0 Å². The van der Waals surface area contributed by atoms with Crippen molar-refractivity contribution in [2.24, 2.45) is 0 Å². The number of cyclic esters (lactones) is 1. The van der Waals surface area contributed by atoms with Crippen molar-refractivity contribution in [1.82, 2.24) is 10.5 Å². The van der Waals surface area contributed by atoms with Gasteiger partial charge in [0.15, 0.2) is 5.76 Å². The van der Waals surface area contributed by atoms with Crippen LogP contribution in [0.4, 0.5) is 10.5 Å². The molecular weight excluding hydrogens is 422 g/mol. The quantitative estimate of drug-likeness (QED) is 0.636. The van der Waals surface area contributed by atoms with Gasteiger partial charge in [0, 0.05) is 29.3 Å². The predicted octanol–water partition coefficient (Wildman–Crippen LogP) is 3.97. The Bertz CT molecular complexity index is 1200. The second-order valence-corrected chi connectivity index (χ2v) is 8.32. The number of aryl methyl sites for hydroxylation is 1. The fourth-order valence-electron chi connectivity index (χ4n) is 4.44. The molecule has 1 N–H and O–H groups in total. The number of hydrogen-bond donors (Lipinski definition) is 1. The average Bonchev–Trinajstić information content (AvgIpc) is 3.36. The molecule has 170 valence electrons. The molecular formula is C25H25N3O5. The van der Waals surface area contributed by atoms with E-state index < -0.39 is 6.09 Å². The van der Waals surface area contributed by atoms with E-state index in [9.17, 15) is 9.59 Å². The van der Waals surface area contributed by atoms with Crippen LogP contribution in [0.1, 0.15) is 24.5 Å². The zero-order valence-corrected chi connectivity index (χ0v) is 18.6. The number of nitrogens with zero attached hydrogens (tertiary/aromatic N) is 2. The van der Waals surface area contributed by atoms with Gasteiger partial charge in [0.1, 0.15) is 17.5 Å². The van der Waals surface area contributed by atoms with Gasteiger partial charge in [0.2, 0.25) is 5.91 Å². The van der Waals surface area contributed by atoms with Gasteiger partial charge in [0.25, 0.3) is 0 Å². The number of aromatic nitrogens is 1. The molecule has 2 amide bonds. The maximum Gasteiger partial charge on any atom is 0.414 e. The summed E-state index contributed by atoms with van der Waals surface area (Å²) in [5.74, 6) is 1.38. The predicted molar refractivity (Wildman–Crippen MR) is 122 cm³/mol. The number of fused-ring (bicyclic) bond motifs is 3. The number of rotatable bonds is 5. The molecule has 1 aromatic heterocycles. The second kappa shape index (κ2) is 8.61. The van der Waals surface area contributed by atoms with Crippen molar-refractivity contribution in [2.75, 3.05) is 25.1 Å². The van der Waals surface area contributed by atoms with Gasteiger partial charge in [-0.25, -0.2) is 4.79 Å². The first-order valence-corrected chi connectivity index (χ1v) is 11.0. The number of ether oxygens (including phenoxy) is 2. The van der Waals surface area contributed by atoms with Crippen LogP contribution in [0.25, 0.3) is 22.6 Å². The van der Waals surface area contributed by atoms with Crippen LogP contribution in [-0.2, 0) is 22.4 Å².